The van der Waals surface area contributed by atoms with Gasteiger partial charge in [-0.15, -0.1) is 0 Å². The number of esters is 1. The van der Waals surface area contributed by atoms with Gasteiger partial charge in [-0.25, -0.2) is 4.79 Å². The predicted octanol–water partition coefficient (Wildman–Crippen LogP) is 1.11. The maximum Gasteiger partial charge on any atom is 0.328 e. The van der Waals surface area contributed by atoms with Gasteiger partial charge in [-0.3, -0.25) is 9.59 Å². The summed E-state index contributed by atoms with van der Waals surface area (Å²) in [6.07, 6.45) is 2.25. The van der Waals surface area contributed by atoms with Gasteiger partial charge in [0.1, 0.15) is 17.8 Å². The lowest BCUT2D eigenvalue weighted by atomic mass is 10.1. The molecule has 0 saturated carbocycles. The summed E-state index contributed by atoms with van der Waals surface area (Å²) in [7, 11) is 1.23. The maximum absolute atomic E-state index is 12.4. The number of rotatable bonds is 11. The maximum atomic E-state index is 12.4. The first kappa shape index (κ1) is 23.5. The standard InChI is InChI=1S/C21H26N2O6S/c1-28-21(27)17(9-10-30-2)23-20(26)18(12-24)22-19(25)13-29-16-8-7-14-5-3-4-6-15(14)11-16/h3-8,11,17-18,24H,9-10,12-13H2,1-2H3,(H,22,25)(H,23,26)/t17-,18-/m0/s1. The van der Waals surface area contributed by atoms with Crippen molar-refractivity contribution in [3.63, 3.8) is 0 Å². The van der Waals surface area contributed by atoms with E-state index < -0.39 is 36.5 Å². The Morgan fingerprint density at radius 2 is 1.80 bits per heavy atom. The molecular weight excluding hydrogens is 408 g/mol. The average molecular weight is 435 g/mol. The number of fused-ring (bicyclic) bond motifs is 1. The van der Waals surface area contributed by atoms with E-state index in [1.807, 2.05) is 42.7 Å². The summed E-state index contributed by atoms with van der Waals surface area (Å²) in [4.78, 5) is 36.4. The SMILES string of the molecule is COC(=O)[C@H](CCSC)NC(=O)[C@H](CO)NC(=O)COc1ccc2ccccc2c1. The van der Waals surface area contributed by atoms with E-state index >= 15 is 0 Å². The average Bonchev–Trinajstić information content (AvgIpc) is 2.77. The molecule has 0 saturated heterocycles. The number of thioether (sulfide) groups is 1. The Labute approximate surface area is 179 Å². The highest BCUT2D eigenvalue weighted by Gasteiger charge is 2.26. The first-order chi connectivity index (χ1) is 14.5. The Kier molecular flexibility index (Phi) is 9.43. The molecule has 0 spiro atoms. The van der Waals surface area contributed by atoms with Crippen LogP contribution in [0.15, 0.2) is 42.5 Å². The second-order valence-corrected chi connectivity index (χ2v) is 7.45. The van der Waals surface area contributed by atoms with Gasteiger partial charge in [-0.05, 0) is 41.3 Å². The number of methoxy groups -OCH3 is 1. The molecule has 2 aromatic carbocycles. The topological polar surface area (TPSA) is 114 Å². The lowest BCUT2D eigenvalue weighted by molar-refractivity contribution is -0.145. The van der Waals surface area contributed by atoms with Crippen molar-refractivity contribution in [3.8, 4) is 5.75 Å². The minimum atomic E-state index is -1.21. The van der Waals surface area contributed by atoms with E-state index in [-0.39, 0.29) is 6.61 Å². The van der Waals surface area contributed by atoms with Crippen LogP contribution >= 0.6 is 11.8 Å². The highest BCUT2D eigenvalue weighted by molar-refractivity contribution is 7.98. The second kappa shape index (κ2) is 12.0. The van der Waals surface area contributed by atoms with Gasteiger partial charge >= 0.3 is 5.97 Å². The molecule has 0 aliphatic carbocycles. The van der Waals surface area contributed by atoms with Crippen LogP contribution in [0, 0.1) is 0 Å². The van der Waals surface area contributed by atoms with Crippen molar-refractivity contribution in [1.29, 1.82) is 0 Å². The molecule has 0 radical (unpaired) electrons. The van der Waals surface area contributed by atoms with E-state index in [1.165, 1.54) is 18.9 Å². The molecule has 0 aliphatic rings. The third-order valence-corrected chi connectivity index (χ3v) is 4.98. The van der Waals surface area contributed by atoms with Crippen molar-refractivity contribution in [3.05, 3.63) is 42.5 Å². The van der Waals surface area contributed by atoms with Crippen molar-refractivity contribution in [1.82, 2.24) is 10.6 Å². The van der Waals surface area contributed by atoms with Gasteiger partial charge in [-0.2, -0.15) is 11.8 Å². The number of carbonyl (C=O) groups is 3. The van der Waals surface area contributed by atoms with Crippen molar-refractivity contribution >= 4 is 40.3 Å². The van der Waals surface area contributed by atoms with E-state index in [0.29, 0.717) is 17.9 Å². The van der Waals surface area contributed by atoms with Crippen molar-refractivity contribution in [2.45, 2.75) is 18.5 Å². The molecule has 30 heavy (non-hydrogen) atoms. The number of hydrogen-bond donors (Lipinski definition) is 3. The first-order valence-corrected chi connectivity index (χ1v) is 10.8. The number of hydrogen-bond acceptors (Lipinski definition) is 7. The van der Waals surface area contributed by atoms with Crippen molar-refractivity contribution < 1.29 is 29.0 Å². The molecule has 3 N–H and O–H groups in total. The molecule has 162 valence electrons. The third kappa shape index (κ3) is 6.93. The Morgan fingerprint density at radius 1 is 1.07 bits per heavy atom. The number of amides is 2. The lowest BCUT2D eigenvalue weighted by Crippen LogP contribution is -2.54. The number of nitrogens with one attached hydrogen (secondary N) is 2. The van der Waals surface area contributed by atoms with Crippen molar-refractivity contribution in [2.75, 3.05) is 32.3 Å². The number of ether oxygens (including phenoxy) is 2. The summed E-state index contributed by atoms with van der Waals surface area (Å²) < 4.78 is 10.2. The zero-order valence-corrected chi connectivity index (χ0v) is 17.7. The Balaban J connectivity index is 1.90. The molecule has 0 aliphatic heterocycles. The van der Waals surface area contributed by atoms with Gasteiger partial charge in [0.15, 0.2) is 6.61 Å². The molecule has 0 heterocycles. The van der Waals surface area contributed by atoms with Gasteiger partial charge in [0.2, 0.25) is 5.91 Å². The van der Waals surface area contributed by atoms with Crippen LogP contribution in [0.5, 0.6) is 5.75 Å². The van der Waals surface area contributed by atoms with Crippen LogP contribution in [0.25, 0.3) is 10.8 Å². The summed E-state index contributed by atoms with van der Waals surface area (Å²) in [5, 5.41) is 16.4. The summed E-state index contributed by atoms with van der Waals surface area (Å²) in [6, 6.07) is 11.1. The number of aliphatic hydroxyl groups excluding tert-OH is 1. The van der Waals surface area contributed by atoms with Gasteiger partial charge in [0.25, 0.3) is 5.91 Å². The monoisotopic (exact) mass is 434 g/mol. The molecule has 0 unspecified atom stereocenters. The Bertz CT molecular complexity index is 875. The van der Waals surface area contributed by atoms with Crippen LogP contribution in [-0.2, 0) is 19.1 Å². The summed E-state index contributed by atoms with van der Waals surface area (Å²) in [5.41, 5.74) is 0. The minimum Gasteiger partial charge on any atom is -0.484 e. The molecule has 0 bridgehead atoms. The second-order valence-electron chi connectivity index (χ2n) is 6.47. The zero-order chi connectivity index (χ0) is 21.9. The fourth-order valence-corrected chi connectivity index (χ4v) is 3.21. The zero-order valence-electron chi connectivity index (χ0n) is 16.9. The van der Waals surface area contributed by atoms with Crippen LogP contribution in [-0.4, -0.2) is 67.3 Å². The molecule has 2 atom stereocenters. The molecule has 0 aromatic heterocycles. The van der Waals surface area contributed by atoms with Gasteiger partial charge in [0, 0.05) is 0 Å². The van der Waals surface area contributed by atoms with E-state index in [9.17, 15) is 19.5 Å². The quantitative estimate of drug-likeness (QED) is 0.454. The van der Waals surface area contributed by atoms with Gasteiger partial charge < -0.3 is 25.2 Å². The summed E-state index contributed by atoms with van der Waals surface area (Å²) in [6.45, 7) is -0.945. The summed E-state index contributed by atoms with van der Waals surface area (Å²) >= 11 is 1.52. The Hall–Kier alpha value is -2.78. The molecule has 2 rings (SSSR count). The van der Waals surface area contributed by atoms with E-state index in [4.69, 9.17) is 9.47 Å². The predicted molar refractivity (Wildman–Crippen MR) is 115 cm³/mol. The van der Waals surface area contributed by atoms with E-state index in [2.05, 4.69) is 10.6 Å². The van der Waals surface area contributed by atoms with Crippen LogP contribution in [0.2, 0.25) is 0 Å². The molecule has 2 amide bonds. The van der Waals surface area contributed by atoms with Crippen LogP contribution in [0.3, 0.4) is 0 Å². The largest absolute Gasteiger partial charge is 0.484 e. The molecule has 0 fully saturated rings. The van der Waals surface area contributed by atoms with Crippen LogP contribution in [0.1, 0.15) is 6.42 Å². The minimum absolute atomic E-state index is 0.324. The third-order valence-electron chi connectivity index (χ3n) is 4.34. The highest BCUT2D eigenvalue weighted by atomic mass is 32.2. The van der Waals surface area contributed by atoms with E-state index in [1.54, 1.807) is 6.07 Å². The van der Waals surface area contributed by atoms with Crippen LogP contribution in [0.4, 0.5) is 0 Å². The fraction of sp³-hybridized carbons (Fsp3) is 0.381. The number of carbonyl (C=O) groups excluding carboxylic acids is 3. The molecule has 9 heteroatoms. The highest BCUT2D eigenvalue weighted by Crippen LogP contribution is 2.20. The normalized spacial score (nSPS) is 12.6. The van der Waals surface area contributed by atoms with E-state index in [0.717, 1.165) is 10.8 Å². The Morgan fingerprint density at radius 3 is 2.47 bits per heavy atom. The number of benzene rings is 2. The summed E-state index contributed by atoms with van der Waals surface area (Å²) in [5.74, 6) is -0.684. The first-order valence-electron chi connectivity index (χ1n) is 9.37. The number of aliphatic hydroxyl groups is 1. The van der Waals surface area contributed by atoms with Crippen LogP contribution < -0.4 is 15.4 Å². The molecule has 8 nitrogen and oxygen atoms in total. The molecule has 2 aromatic rings. The lowest BCUT2D eigenvalue weighted by Gasteiger charge is -2.21. The van der Waals surface area contributed by atoms with Crippen molar-refractivity contribution in [2.24, 2.45) is 0 Å². The van der Waals surface area contributed by atoms with Gasteiger partial charge in [-0.1, -0.05) is 30.3 Å². The van der Waals surface area contributed by atoms with Gasteiger partial charge in [0.05, 0.1) is 13.7 Å². The fourth-order valence-electron chi connectivity index (χ4n) is 2.74. The smallest absolute Gasteiger partial charge is 0.328 e. The molecular formula is C21H26N2O6S.